The first kappa shape index (κ1) is 12.2. The van der Waals surface area contributed by atoms with Crippen molar-refractivity contribution in [1.82, 2.24) is 19.9 Å². The van der Waals surface area contributed by atoms with Crippen molar-refractivity contribution in [2.75, 3.05) is 5.32 Å². The number of benzene rings is 1. The summed E-state index contributed by atoms with van der Waals surface area (Å²) in [4.78, 5) is 17.1. The van der Waals surface area contributed by atoms with Gasteiger partial charge in [-0.05, 0) is 19.1 Å². The molecular formula is C15H13N5. The molecule has 20 heavy (non-hydrogen) atoms. The summed E-state index contributed by atoms with van der Waals surface area (Å²) < 4.78 is 0. The Morgan fingerprint density at radius 2 is 1.60 bits per heavy atom. The minimum Gasteiger partial charge on any atom is -0.324 e. The van der Waals surface area contributed by atoms with Crippen LogP contribution in [0.3, 0.4) is 0 Å². The van der Waals surface area contributed by atoms with Crippen molar-refractivity contribution in [2.24, 2.45) is 0 Å². The maximum Gasteiger partial charge on any atom is 0.231 e. The average molecular weight is 263 g/mol. The zero-order chi connectivity index (χ0) is 13.8. The first-order chi connectivity index (χ1) is 9.81. The number of hydrogen-bond acceptors (Lipinski definition) is 5. The second-order valence-corrected chi connectivity index (χ2v) is 4.26. The first-order valence-electron chi connectivity index (χ1n) is 6.26. The predicted molar refractivity (Wildman–Crippen MR) is 77.5 cm³/mol. The lowest BCUT2D eigenvalue weighted by molar-refractivity contribution is 0.990. The highest BCUT2D eigenvalue weighted by Crippen LogP contribution is 2.17. The van der Waals surface area contributed by atoms with E-state index in [4.69, 9.17) is 0 Å². The van der Waals surface area contributed by atoms with Gasteiger partial charge in [-0.2, -0.15) is 9.97 Å². The zero-order valence-electron chi connectivity index (χ0n) is 11.0. The SMILES string of the molecule is Cc1nc(Nc2ccncc2)nc(-c2ccccc2)n1. The predicted octanol–water partition coefficient (Wildman–Crippen LogP) is 2.99. The highest BCUT2D eigenvalue weighted by molar-refractivity contribution is 5.58. The molecule has 0 saturated carbocycles. The minimum absolute atomic E-state index is 0.530. The number of pyridine rings is 1. The van der Waals surface area contributed by atoms with Gasteiger partial charge in [-0.15, -0.1) is 0 Å². The molecule has 0 radical (unpaired) electrons. The van der Waals surface area contributed by atoms with Gasteiger partial charge in [0.05, 0.1) is 0 Å². The van der Waals surface area contributed by atoms with Crippen LogP contribution >= 0.6 is 0 Å². The van der Waals surface area contributed by atoms with Gasteiger partial charge in [-0.1, -0.05) is 30.3 Å². The summed E-state index contributed by atoms with van der Waals surface area (Å²) in [5.41, 5.74) is 1.86. The number of nitrogens with one attached hydrogen (secondary N) is 1. The molecule has 5 nitrogen and oxygen atoms in total. The van der Waals surface area contributed by atoms with Gasteiger partial charge in [0.1, 0.15) is 5.82 Å². The van der Waals surface area contributed by atoms with Crippen molar-refractivity contribution in [1.29, 1.82) is 0 Å². The second-order valence-electron chi connectivity index (χ2n) is 4.26. The van der Waals surface area contributed by atoms with E-state index in [2.05, 4.69) is 25.3 Å². The number of hydrogen-bond donors (Lipinski definition) is 1. The van der Waals surface area contributed by atoms with E-state index in [1.807, 2.05) is 49.4 Å². The highest BCUT2D eigenvalue weighted by Gasteiger charge is 2.06. The number of nitrogens with zero attached hydrogens (tertiary/aromatic N) is 4. The van der Waals surface area contributed by atoms with E-state index < -0.39 is 0 Å². The number of aryl methyl sites for hydroxylation is 1. The third-order valence-corrected chi connectivity index (χ3v) is 2.72. The normalized spacial score (nSPS) is 10.2. The van der Waals surface area contributed by atoms with Crippen LogP contribution in [0.2, 0.25) is 0 Å². The van der Waals surface area contributed by atoms with Crippen LogP contribution in [0, 0.1) is 6.92 Å². The van der Waals surface area contributed by atoms with Crippen LogP contribution in [0.5, 0.6) is 0 Å². The summed E-state index contributed by atoms with van der Waals surface area (Å²) in [7, 11) is 0. The fraction of sp³-hybridized carbons (Fsp3) is 0.0667. The van der Waals surface area contributed by atoms with Crippen LogP contribution in [0.25, 0.3) is 11.4 Å². The van der Waals surface area contributed by atoms with E-state index in [0.29, 0.717) is 17.6 Å². The van der Waals surface area contributed by atoms with Crippen LogP contribution in [-0.4, -0.2) is 19.9 Å². The molecule has 5 heteroatoms. The lowest BCUT2D eigenvalue weighted by Gasteiger charge is -2.07. The summed E-state index contributed by atoms with van der Waals surface area (Å²) >= 11 is 0. The third-order valence-electron chi connectivity index (χ3n) is 2.72. The minimum atomic E-state index is 0.530. The molecule has 0 unspecified atom stereocenters. The monoisotopic (exact) mass is 263 g/mol. The Hall–Kier alpha value is -2.82. The Kier molecular flexibility index (Phi) is 3.33. The number of aromatic nitrogens is 4. The van der Waals surface area contributed by atoms with Crippen molar-refractivity contribution >= 4 is 11.6 Å². The van der Waals surface area contributed by atoms with Crippen molar-refractivity contribution < 1.29 is 0 Å². The second kappa shape index (κ2) is 5.44. The van der Waals surface area contributed by atoms with E-state index in [9.17, 15) is 0 Å². The van der Waals surface area contributed by atoms with Gasteiger partial charge in [-0.3, -0.25) is 4.98 Å². The topological polar surface area (TPSA) is 63.6 Å². The Labute approximate surface area is 116 Å². The molecule has 0 aliphatic heterocycles. The average Bonchev–Trinajstić information content (AvgIpc) is 2.49. The van der Waals surface area contributed by atoms with Crippen LogP contribution in [0.4, 0.5) is 11.6 Å². The maximum atomic E-state index is 4.45. The quantitative estimate of drug-likeness (QED) is 0.787. The summed E-state index contributed by atoms with van der Waals surface area (Å²) in [6, 6.07) is 13.6. The third kappa shape index (κ3) is 2.77. The molecule has 0 fully saturated rings. The Balaban J connectivity index is 1.95. The van der Waals surface area contributed by atoms with Crippen LogP contribution < -0.4 is 5.32 Å². The summed E-state index contributed by atoms with van der Waals surface area (Å²) in [6.07, 6.45) is 3.43. The van der Waals surface area contributed by atoms with Gasteiger partial charge in [0, 0.05) is 23.6 Å². The number of anilines is 2. The van der Waals surface area contributed by atoms with Crippen LogP contribution in [0.15, 0.2) is 54.9 Å². The fourth-order valence-corrected chi connectivity index (χ4v) is 1.82. The number of rotatable bonds is 3. The molecule has 1 N–H and O–H groups in total. The molecule has 1 aromatic carbocycles. The van der Waals surface area contributed by atoms with Crippen molar-refractivity contribution in [2.45, 2.75) is 6.92 Å². The smallest absolute Gasteiger partial charge is 0.231 e. The summed E-state index contributed by atoms with van der Waals surface area (Å²) in [6.45, 7) is 1.85. The molecule has 0 aliphatic rings. The standard InChI is InChI=1S/C15H13N5/c1-11-17-14(12-5-3-2-4-6-12)20-15(18-11)19-13-7-9-16-10-8-13/h2-10H,1H3,(H,16,17,18,19,20). The molecular weight excluding hydrogens is 250 g/mol. The fourth-order valence-electron chi connectivity index (χ4n) is 1.82. The largest absolute Gasteiger partial charge is 0.324 e. The molecule has 0 aliphatic carbocycles. The molecule has 0 amide bonds. The van der Waals surface area contributed by atoms with Crippen molar-refractivity contribution in [3.05, 3.63) is 60.7 Å². The van der Waals surface area contributed by atoms with Gasteiger partial charge in [-0.25, -0.2) is 4.98 Å². The van der Waals surface area contributed by atoms with Gasteiger partial charge in [0.25, 0.3) is 0 Å². The Morgan fingerprint density at radius 1 is 0.850 bits per heavy atom. The maximum absolute atomic E-state index is 4.45. The summed E-state index contributed by atoms with van der Waals surface area (Å²) in [5.74, 6) is 1.87. The first-order valence-corrected chi connectivity index (χ1v) is 6.26. The molecule has 0 saturated heterocycles. The van der Waals surface area contributed by atoms with E-state index in [1.165, 1.54) is 0 Å². The summed E-state index contributed by atoms with van der Waals surface area (Å²) in [5, 5.41) is 3.15. The molecule has 3 rings (SSSR count). The zero-order valence-corrected chi connectivity index (χ0v) is 11.0. The van der Waals surface area contributed by atoms with Crippen molar-refractivity contribution in [3.8, 4) is 11.4 Å². The van der Waals surface area contributed by atoms with Gasteiger partial charge in [0.15, 0.2) is 5.82 Å². The van der Waals surface area contributed by atoms with Crippen LogP contribution in [-0.2, 0) is 0 Å². The Morgan fingerprint density at radius 3 is 2.35 bits per heavy atom. The van der Waals surface area contributed by atoms with Gasteiger partial charge >= 0.3 is 0 Å². The molecule has 0 bridgehead atoms. The van der Waals surface area contributed by atoms with E-state index in [1.54, 1.807) is 12.4 Å². The molecule has 2 aromatic heterocycles. The van der Waals surface area contributed by atoms with Crippen LogP contribution in [0.1, 0.15) is 5.82 Å². The van der Waals surface area contributed by atoms with E-state index in [0.717, 1.165) is 11.3 Å². The molecule has 2 heterocycles. The molecule has 98 valence electrons. The lowest BCUT2D eigenvalue weighted by atomic mass is 10.2. The van der Waals surface area contributed by atoms with Crippen molar-refractivity contribution in [3.63, 3.8) is 0 Å². The molecule has 3 aromatic rings. The van der Waals surface area contributed by atoms with Gasteiger partial charge < -0.3 is 5.32 Å². The highest BCUT2D eigenvalue weighted by atomic mass is 15.2. The van der Waals surface area contributed by atoms with Gasteiger partial charge in [0.2, 0.25) is 5.95 Å². The molecule has 0 atom stereocenters. The lowest BCUT2D eigenvalue weighted by Crippen LogP contribution is -2.02. The molecule has 0 spiro atoms. The Bertz CT molecular complexity index is 698. The van der Waals surface area contributed by atoms with E-state index in [-0.39, 0.29) is 0 Å². The van der Waals surface area contributed by atoms with E-state index >= 15 is 0 Å².